The van der Waals surface area contributed by atoms with Crippen molar-refractivity contribution < 1.29 is 32.3 Å². The molecule has 2 heterocycles. The summed E-state index contributed by atoms with van der Waals surface area (Å²) in [5, 5.41) is 3.94. The van der Waals surface area contributed by atoms with E-state index in [1.807, 2.05) is 0 Å². The largest absolute Gasteiger partial charge is 0.480 e. The number of benzene rings is 2. The molecule has 0 aromatic heterocycles. The molecular weight excluding hydrogens is 508 g/mol. The van der Waals surface area contributed by atoms with E-state index in [2.05, 4.69) is 5.32 Å². The molecule has 0 bridgehead atoms. The number of nitrogens with one attached hydrogen (secondary N) is 1. The minimum atomic E-state index is -4.75. The van der Waals surface area contributed by atoms with E-state index in [1.165, 1.54) is 29.3 Å². The van der Waals surface area contributed by atoms with Gasteiger partial charge in [0.1, 0.15) is 12.6 Å². The quantitative estimate of drug-likeness (QED) is 0.563. The molecule has 35 heavy (non-hydrogen) atoms. The second-order valence-electron chi connectivity index (χ2n) is 8.31. The van der Waals surface area contributed by atoms with Crippen molar-refractivity contribution in [3.05, 3.63) is 75.0 Å². The number of hydrogen-bond acceptors (Lipinski definition) is 4. The van der Waals surface area contributed by atoms with Crippen molar-refractivity contribution in [1.82, 2.24) is 10.4 Å². The van der Waals surface area contributed by atoms with E-state index in [1.54, 1.807) is 26.0 Å². The molecule has 11 heteroatoms. The highest BCUT2D eigenvalue weighted by Gasteiger charge is 2.60. The first kappa shape index (κ1) is 25.3. The Labute approximate surface area is 209 Å². The molecule has 1 fully saturated rings. The molecular formula is C24H21Cl2F3N2O4. The maximum absolute atomic E-state index is 14.2. The van der Waals surface area contributed by atoms with Gasteiger partial charge in [0, 0.05) is 34.1 Å². The Morgan fingerprint density at radius 3 is 2.46 bits per heavy atom. The zero-order valence-corrected chi connectivity index (χ0v) is 20.2. The lowest BCUT2D eigenvalue weighted by molar-refractivity contribution is -0.260. The Kier molecular flexibility index (Phi) is 6.78. The Morgan fingerprint density at radius 2 is 1.89 bits per heavy atom. The van der Waals surface area contributed by atoms with E-state index in [0.717, 1.165) is 6.26 Å². The molecule has 0 spiro atoms. The van der Waals surface area contributed by atoms with Crippen molar-refractivity contribution in [2.45, 2.75) is 38.1 Å². The molecule has 1 N–H and O–H groups in total. The van der Waals surface area contributed by atoms with Gasteiger partial charge in [-0.25, -0.2) is 5.06 Å². The van der Waals surface area contributed by atoms with Crippen LogP contribution in [0.4, 0.5) is 13.2 Å². The number of alkyl halides is 3. The number of hydrogen-bond donors (Lipinski definition) is 1. The minimum absolute atomic E-state index is 0.0345. The number of aryl methyl sites for hydroxylation is 1. The van der Waals surface area contributed by atoms with E-state index in [4.69, 9.17) is 32.8 Å². The van der Waals surface area contributed by atoms with Crippen molar-refractivity contribution in [3.8, 4) is 0 Å². The molecule has 2 aromatic rings. The van der Waals surface area contributed by atoms with Gasteiger partial charge >= 0.3 is 6.18 Å². The molecule has 0 saturated carbocycles. The van der Waals surface area contributed by atoms with Gasteiger partial charge in [0.25, 0.3) is 11.8 Å². The van der Waals surface area contributed by atoms with Crippen LogP contribution in [-0.4, -0.2) is 42.2 Å². The predicted molar refractivity (Wildman–Crippen MR) is 124 cm³/mol. The number of carbonyl (C=O) groups is 2. The highest BCUT2D eigenvalue weighted by Crippen LogP contribution is 2.52. The van der Waals surface area contributed by atoms with Crippen LogP contribution in [0.1, 0.15) is 40.4 Å². The fourth-order valence-corrected chi connectivity index (χ4v) is 4.69. The number of amides is 2. The van der Waals surface area contributed by atoms with Gasteiger partial charge in [0.15, 0.2) is 0 Å². The third-order valence-electron chi connectivity index (χ3n) is 6.00. The van der Waals surface area contributed by atoms with Gasteiger partial charge in [-0.1, -0.05) is 35.3 Å². The van der Waals surface area contributed by atoms with Crippen LogP contribution in [0, 0.1) is 6.92 Å². The molecule has 2 aromatic carbocycles. The summed E-state index contributed by atoms with van der Waals surface area (Å²) < 4.78 is 48.0. The third-order valence-corrected chi connectivity index (χ3v) is 6.44. The average Bonchev–Trinajstić information content (AvgIpc) is 3.38. The maximum Gasteiger partial charge on any atom is 0.432 e. The summed E-state index contributed by atoms with van der Waals surface area (Å²) in [6.45, 7) is 3.80. The summed E-state index contributed by atoms with van der Waals surface area (Å²) in [7, 11) is 0. The van der Waals surface area contributed by atoms with Crippen molar-refractivity contribution >= 4 is 40.6 Å². The van der Waals surface area contributed by atoms with Crippen molar-refractivity contribution in [3.63, 3.8) is 0 Å². The fraction of sp³-hybridized carbons (Fsp3) is 0.333. The smallest absolute Gasteiger partial charge is 0.432 e. The summed E-state index contributed by atoms with van der Waals surface area (Å²) >= 11 is 11.9. The summed E-state index contributed by atoms with van der Waals surface area (Å²) in [6.07, 6.45) is -4.18. The summed E-state index contributed by atoms with van der Waals surface area (Å²) in [5.41, 5.74) is -1.27. The lowest BCUT2D eigenvalue weighted by Crippen LogP contribution is -2.42. The first-order valence-electron chi connectivity index (χ1n) is 10.7. The molecule has 6 nitrogen and oxygen atoms in total. The van der Waals surface area contributed by atoms with Crippen molar-refractivity contribution in [2.24, 2.45) is 0 Å². The maximum atomic E-state index is 14.2. The van der Waals surface area contributed by atoms with E-state index in [-0.39, 0.29) is 28.1 Å². The number of halogens is 5. The topological polar surface area (TPSA) is 67.9 Å². The van der Waals surface area contributed by atoms with E-state index in [0.29, 0.717) is 28.8 Å². The highest BCUT2D eigenvalue weighted by molar-refractivity contribution is 6.34. The zero-order valence-electron chi connectivity index (χ0n) is 18.7. The van der Waals surface area contributed by atoms with Gasteiger partial charge in [-0.15, -0.1) is 0 Å². The normalized spacial score (nSPS) is 22.3. The number of ether oxygens (including phenoxy) is 1. The van der Waals surface area contributed by atoms with E-state index >= 15 is 0 Å². The number of carbonyl (C=O) groups excluding carboxylic acids is 2. The average molecular weight is 529 g/mol. The molecule has 1 unspecified atom stereocenters. The highest BCUT2D eigenvalue weighted by atomic mass is 35.5. The van der Waals surface area contributed by atoms with Gasteiger partial charge in [0.05, 0.1) is 6.26 Å². The van der Waals surface area contributed by atoms with Crippen LogP contribution in [0.15, 0.2) is 42.7 Å². The Morgan fingerprint density at radius 1 is 1.20 bits per heavy atom. The molecule has 0 aliphatic carbocycles. The Balaban J connectivity index is 1.56. The first-order chi connectivity index (χ1) is 16.4. The lowest BCUT2D eigenvalue weighted by Gasteiger charge is -2.32. The lowest BCUT2D eigenvalue weighted by atomic mass is 9.85. The second kappa shape index (κ2) is 9.37. The van der Waals surface area contributed by atoms with Crippen LogP contribution in [-0.2, 0) is 20.0 Å². The van der Waals surface area contributed by atoms with Crippen LogP contribution >= 0.6 is 23.2 Å². The number of nitrogens with zero attached hydrogens (tertiary/aromatic N) is 1. The van der Waals surface area contributed by atoms with Crippen LogP contribution in [0.2, 0.25) is 10.0 Å². The third kappa shape index (κ3) is 4.72. The molecule has 4 rings (SSSR count). The van der Waals surface area contributed by atoms with Crippen molar-refractivity contribution in [2.75, 3.05) is 13.2 Å². The van der Waals surface area contributed by atoms with Crippen LogP contribution < -0.4 is 5.32 Å². The van der Waals surface area contributed by atoms with Gasteiger partial charge < -0.3 is 10.1 Å². The molecule has 2 aliphatic heterocycles. The summed E-state index contributed by atoms with van der Waals surface area (Å²) in [6, 6.07) is 7.56. The van der Waals surface area contributed by atoms with Crippen molar-refractivity contribution in [1.29, 1.82) is 0 Å². The SMILES string of the molecule is CCN1OC[C@@H](NC(=O)c2ccc(C3=COC(c4cc(Cl)cc(Cl)c4)(C(F)(F)F)C3)cc2C)C1=O. The molecule has 186 valence electrons. The summed E-state index contributed by atoms with van der Waals surface area (Å²) in [5.74, 6) is -0.822. The second-order valence-corrected chi connectivity index (χ2v) is 9.18. The van der Waals surface area contributed by atoms with Gasteiger partial charge in [-0.3, -0.25) is 14.4 Å². The van der Waals surface area contributed by atoms with E-state index in [9.17, 15) is 22.8 Å². The number of rotatable bonds is 5. The minimum Gasteiger partial charge on any atom is -0.480 e. The van der Waals surface area contributed by atoms with E-state index < -0.39 is 30.1 Å². The molecule has 1 saturated heterocycles. The molecule has 2 amide bonds. The monoisotopic (exact) mass is 528 g/mol. The van der Waals surface area contributed by atoms with Crippen LogP contribution in [0.3, 0.4) is 0 Å². The van der Waals surface area contributed by atoms with Gasteiger partial charge in [-0.05, 0) is 54.8 Å². The molecule has 2 atom stereocenters. The first-order valence-corrected chi connectivity index (χ1v) is 11.5. The number of likely N-dealkylation sites (N-methyl/N-ethyl adjacent to an activating group) is 1. The zero-order chi connectivity index (χ0) is 25.5. The fourth-order valence-electron chi connectivity index (χ4n) is 4.16. The summed E-state index contributed by atoms with van der Waals surface area (Å²) in [4.78, 5) is 30.1. The molecule has 2 aliphatic rings. The number of hydroxylamine groups is 2. The van der Waals surface area contributed by atoms with Crippen LogP contribution in [0.5, 0.6) is 0 Å². The van der Waals surface area contributed by atoms with Crippen LogP contribution in [0.25, 0.3) is 5.57 Å². The predicted octanol–water partition coefficient (Wildman–Crippen LogP) is 5.41. The molecule has 0 radical (unpaired) electrons. The Hall–Kier alpha value is -2.75. The van der Waals surface area contributed by atoms with Gasteiger partial charge in [-0.2, -0.15) is 13.2 Å². The Bertz CT molecular complexity index is 1200. The standard InChI is InChI=1S/C24H21Cl2F3N2O4/c1-3-31-22(33)20(12-35-31)30-21(32)19-5-4-14(6-13(19)2)15-10-23(34-11-15,24(27,28)29)16-7-17(25)9-18(26)8-16/h4-9,11,20H,3,10,12H2,1-2H3,(H,30,32)/t20-,23?/m1/s1. The van der Waals surface area contributed by atoms with Gasteiger partial charge in [0.2, 0.25) is 5.60 Å².